The van der Waals surface area contributed by atoms with Gasteiger partial charge in [0.2, 0.25) is 5.95 Å². The highest BCUT2D eigenvalue weighted by molar-refractivity contribution is 7.21. The summed E-state index contributed by atoms with van der Waals surface area (Å²) in [6.45, 7) is 3.16. The van der Waals surface area contributed by atoms with Crippen LogP contribution in [0.1, 0.15) is 9.67 Å². The number of carbonyl (C=O) groups excluding carboxylic acids is 1. The van der Waals surface area contributed by atoms with Crippen molar-refractivity contribution in [1.82, 2.24) is 20.2 Å². The molecule has 29 heavy (non-hydrogen) atoms. The Labute approximate surface area is 173 Å². The maximum atomic E-state index is 12.9. The molecule has 0 atom stereocenters. The predicted molar refractivity (Wildman–Crippen MR) is 119 cm³/mol. The van der Waals surface area contributed by atoms with Gasteiger partial charge in [-0.15, -0.1) is 11.3 Å². The summed E-state index contributed by atoms with van der Waals surface area (Å²) in [6, 6.07) is 13.5. The van der Waals surface area contributed by atoms with Crippen LogP contribution in [0.15, 0.2) is 48.7 Å². The maximum absolute atomic E-state index is 12.9. The average Bonchev–Trinajstić information content (AvgIpc) is 3.19. The standard InChI is InChI=1S/C21H18BN5OS/c22-14-2-1-3-15(10-14)25-21-24-12-13-4-5-17-16(19(13)26-21)11-18(29-17)20(28)27-8-6-23-7-9-27/h1-5,10-12,23H,6-9H2,(H,24,25,26). The van der Waals surface area contributed by atoms with Crippen molar-refractivity contribution in [3.8, 4) is 0 Å². The largest absolute Gasteiger partial charge is 0.335 e. The fourth-order valence-electron chi connectivity index (χ4n) is 3.54. The first-order valence-corrected chi connectivity index (χ1v) is 10.3. The van der Waals surface area contributed by atoms with Gasteiger partial charge in [-0.2, -0.15) is 0 Å². The Balaban J connectivity index is 1.52. The number of rotatable bonds is 3. The van der Waals surface area contributed by atoms with E-state index in [9.17, 15) is 4.79 Å². The molecule has 1 saturated heterocycles. The summed E-state index contributed by atoms with van der Waals surface area (Å²) in [7, 11) is 5.85. The zero-order valence-electron chi connectivity index (χ0n) is 15.7. The van der Waals surface area contributed by atoms with E-state index >= 15 is 0 Å². The second kappa shape index (κ2) is 7.46. The van der Waals surface area contributed by atoms with Crippen LogP contribution in [0.5, 0.6) is 0 Å². The fraction of sp³-hybridized carbons (Fsp3) is 0.190. The molecule has 0 aliphatic carbocycles. The molecule has 2 N–H and O–H groups in total. The van der Waals surface area contributed by atoms with E-state index in [1.54, 1.807) is 6.20 Å². The van der Waals surface area contributed by atoms with Crippen LogP contribution in [0.25, 0.3) is 21.0 Å². The number of nitrogens with one attached hydrogen (secondary N) is 2. The number of thiophene rings is 1. The van der Waals surface area contributed by atoms with Crippen molar-refractivity contribution >= 4 is 63.2 Å². The van der Waals surface area contributed by atoms with Crippen molar-refractivity contribution in [1.29, 1.82) is 0 Å². The third kappa shape index (κ3) is 3.57. The number of fused-ring (bicyclic) bond motifs is 3. The lowest BCUT2D eigenvalue weighted by Crippen LogP contribution is -2.46. The van der Waals surface area contributed by atoms with Gasteiger partial charge in [-0.05, 0) is 30.3 Å². The van der Waals surface area contributed by atoms with E-state index in [-0.39, 0.29) is 5.91 Å². The van der Waals surface area contributed by atoms with Gasteiger partial charge < -0.3 is 15.5 Å². The number of nitrogens with zero attached hydrogens (tertiary/aromatic N) is 3. The summed E-state index contributed by atoms with van der Waals surface area (Å²) in [5, 5.41) is 8.40. The van der Waals surface area contributed by atoms with Crippen LogP contribution in [0.3, 0.4) is 0 Å². The summed E-state index contributed by atoms with van der Waals surface area (Å²) in [5.74, 6) is 0.588. The van der Waals surface area contributed by atoms with Gasteiger partial charge in [0.25, 0.3) is 5.91 Å². The lowest BCUT2D eigenvalue weighted by atomic mass is 9.96. The molecule has 0 unspecified atom stereocenters. The van der Waals surface area contributed by atoms with Crippen molar-refractivity contribution in [2.45, 2.75) is 0 Å². The van der Waals surface area contributed by atoms with Crippen molar-refractivity contribution in [2.75, 3.05) is 31.5 Å². The fourth-order valence-corrected chi connectivity index (χ4v) is 4.57. The SMILES string of the molecule is [B]c1cccc(Nc2ncc3ccc4sc(C(=O)N5CCNCC5)cc4c3n2)c1. The third-order valence-corrected chi connectivity index (χ3v) is 6.09. The zero-order valence-corrected chi connectivity index (χ0v) is 16.5. The summed E-state index contributed by atoms with van der Waals surface area (Å²) < 4.78 is 1.05. The zero-order chi connectivity index (χ0) is 19.8. The smallest absolute Gasteiger partial charge is 0.264 e. The molecule has 0 saturated carbocycles. The van der Waals surface area contributed by atoms with Crippen molar-refractivity contribution in [2.24, 2.45) is 0 Å². The van der Waals surface area contributed by atoms with Gasteiger partial charge >= 0.3 is 0 Å². The van der Waals surface area contributed by atoms with Gasteiger partial charge in [0.15, 0.2) is 0 Å². The first-order valence-electron chi connectivity index (χ1n) is 9.49. The molecule has 6 nitrogen and oxygen atoms in total. The van der Waals surface area contributed by atoms with E-state index in [2.05, 4.69) is 15.6 Å². The monoisotopic (exact) mass is 399 g/mol. The van der Waals surface area contributed by atoms with E-state index in [1.165, 1.54) is 11.3 Å². The number of piperazine rings is 1. The molecule has 2 radical (unpaired) electrons. The van der Waals surface area contributed by atoms with Crippen LogP contribution in [-0.2, 0) is 0 Å². The van der Waals surface area contributed by atoms with Gasteiger partial charge in [-0.3, -0.25) is 4.79 Å². The second-order valence-electron chi connectivity index (χ2n) is 7.01. The summed E-state index contributed by atoms with van der Waals surface area (Å²) >= 11 is 1.52. The molecule has 2 aromatic heterocycles. The minimum atomic E-state index is 0.0908. The first-order chi connectivity index (χ1) is 14.2. The lowest BCUT2D eigenvalue weighted by molar-refractivity contribution is 0.0741. The van der Waals surface area contributed by atoms with Crippen molar-refractivity contribution in [3.05, 3.63) is 53.5 Å². The number of anilines is 2. The highest BCUT2D eigenvalue weighted by Gasteiger charge is 2.20. The van der Waals surface area contributed by atoms with Crippen molar-refractivity contribution in [3.63, 3.8) is 0 Å². The number of aromatic nitrogens is 2. The molecule has 142 valence electrons. The Morgan fingerprint density at radius 2 is 2.03 bits per heavy atom. The van der Waals surface area contributed by atoms with Crippen molar-refractivity contribution < 1.29 is 4.79 Å². The van der Waals surface area contributed by atoms with Gasteiger partial charge in [0.05, 0.1) is 10.4 Å². The van der Waals surface area contributed by atoms with E-state index < -0.39 is 0 Å². The van der Waals surface area contributed by atoms with E-state index in [0.29, 0.717) is 11.4 Å². The molecule has 3 heterocycles. The highest BCUT2D eigenvalue weighted by Crippen LogP contribution is 2.32. The summed E-state index contributed by atoms with van der Waals surface area (Å²) in [4.78, 5) is 24.7. The van der Waals surface area contributed by atoms with E-state index in [4.69, 9.17) is 12.8 Å². The average molecular weight is 399 g/mol. The molecule has 1 fully saturated rings. The Bertz CT molecular complexity index is 1220. The predicted octanol–water partition coefficient (Wildman–Crippen LogP) is 2.43. The molecule has 4 aromatic rings. The van der Waals surface area contributed by atoms with Crippen LogP contribution in [0, 0.1) is 0 Å². The molecule has 0 spiro atoms. The number of hydrogen-bond acceptors (Lipinski definition) is 6. The van der Waals surface area contributed by atoms with Crippen LogP contribution in [0.4, 0.5) is 11.6 Å². The molecule has 1 aliphatic rings. The number of carbonyl (C=O) groups is 1. The van der Waals surface area contributed by atoms with E-state index in [0.717, 1.165) is 57.7 Å². The Morgan fingerprint density at radius 1 is 1.17 bits per heavy atom. The maximum Gasteiger partial charge on any atom is 0.264 e. The molecule has 1 aliphatic heterocycles. The minimum Gasteiger partial charge on any atom is -0.335 e. The lowest BCUT2D eigenvalue weighted by Gasteiger charge is -2.26. The summed E-state index contributed by atoms with van der Waals surface area (Å²) in [5.41, 5.74) is 2.34. The summed E-state index contributed by atoms with van der Waals surface area (Å²) in [6.07, 6.45) is 1.80. The molecule has 1 amide bonds. The minimum absolute atomic E-state index is 0.0908. The van der Waals surface area contributed by atoms with Crippen LogP contribution >= 0.6 is 11.3 Å². The normalized spacial score (nSPS) is 14.4. The quantitative estimate of drug-likeness (QED) is 0.518. The molecule has 0 bridgehead atoms. The Kier molecular flexibility index (Phi) is 4.65. The van der Waals surface area contributed by atoms with E-state index in [1.807, 2.05) is 47.4 Å². The van der Waals surface area contributed by atoms with Gasteiger partial charge in [-0.1, -0.05) is 17.6 Å². The second-order valence-corrected chi connectivity index (χ2v) is 8.10. The molecule has 2 aromatic carbocycles. The number of amides is 1. The van der Waals surface area contributed by atoms with Gasteiger partial charge in [0.1, 0.15) is 7.85 Å². The Morgan fingerprint density at radius 3 is 2.86 bits per heavy atom. The topological polar surface area (TPSA) is 70.2 Å². The van der Waals surface area contributed by atoms with Crippen LogP contribution in [0.2, 0.25) is 0 Å². The van der Waals surface area contributed by atoms with Crippen LogP contribution in [-0.4, -0.2) is 54.8 Å². The Hall–Kier alpha value is -2.97. The molecular formula is C21H18BN5OS. The van der Waals surface area contributed by atoms with Crippen LogP contribution < -0.4 is 16.1 Å². The molecular weight excluding hydrogens is 381 g/mol. The number of benzene rings is 2. The molecule has 8 heteroatoms. The first kappa shape index (κ1) is 18.1. The third-order valence-electron chi connectivity index (χ3n) is 5.01. The van der Waals surface area contributed by atoms with Gasteiger partial charge in [-0.25, -0.2) is 9.97 Å². The molecule has 5 rings (SSSR count). The van der Waals surface area contributed by atoms with Gasteiger partial charge in [0, 0.05) is 53.5 Å². The highest BCUT2D eigenvalue weighted by atomic mass is 32.1. The number of hydrogen-bond donors (Lipinski definition) is 2.